The molecule has 0 heterocycles. The third kappa shape index (κ3) is 10.2. The minimum atomic E-state index is -3.92. The fourth-order valence-corrected chi connectivity index (χ4v) is 7.43. The van der Waals surface area contributed by atoms with E-state index in [1.807, 2.05) is 34.6 Å². The van der Waals surface area contributed by atoms with Crippen LogP contribution in [0, 0.1) is 22.7 Å². The van der Waals surface area contributed by atoms with Gasteiger partial charge in [0, 0.05) is 12.6 Å². The number of sulfonamides is 1. The first-order valence-corrected chi connectivity index (χ1v) is 17.5. The van der Waals surface area contributed by atoms with Crippen molar-refractivity contribution in [2.45, 2.75) is 111 Å². The van der Waals surface area contributed by atoms with Gasteiger partial charge in [-0.3, -0.25) is 14.4 Å². The molecule has 0 radical (unpaired) electrons. The van der Waals surface area contributed by atoms with Crippen molar-refractivity contribution < 1.29 is 22.8 Å². The van der Waals surface area contributed by atoms with Crippen LogP contribution >= 0.6 is 0 Å². The SMILES string of the molecule is CNC(C(=O)NC(C(=O)N(C)C(C=C(C)C(=O)NS(=O)(=O)Cc1ccccc1)C(C)C)C(C)(C)C)C(C)(C)C1CCCCC1. The minimum Gasteiger partial charge on any atom is -0.342 e. The average Bonchev–Trinajstić information content (AvgIpc) is 2.93. The van der Waals surface area contributed by atoms with E-state index in [1.165, 1.54) is 26.2 Å². The summed E-state index contributed by atoms with van der Waals surface area (Å²) in [5.41, 5.74) is -0.152. The Bertz CT molecular complexity index is 1260. The van der Waals surface area contributed by atoms with Gasteiger partial charge in [0.25, 0.3) is 5.91 Å². The van der Waals surface area contributed by atoms with Crippen molar-refractivity contribution in [3.8, 4) is 0 Å². The summed E-state index contributed by atoms with van der Waals surface area (Å²) in [5.74, 6) is -1.24. The molecule has 1 aliphatic carbocycles. The lowest BCUT2D eigenvalue weighted by atomic mass is 9.66. The second-order valence-electron chi connectivity index (χ2n) is 14.4. The maximum absolute atomic E-state index is 14.1. The van der Waals surface area contributed by atoms with Crippen molar-refractivity contribution in [2.24, 2.45) is 22.7 Å². The van der Waals surface area contributed by atoms with Crippen LogP contribution < -0.4 is 15.4 Å². The fourth-order valence-electron chi connectivity index (χ4n) is 6.28. The van der Waals surface area contributed by atoms with E-state index in [9.17, 15) is 22.8 Å². The van der Waals surface area contributed by atoms with Crippen LogP contribution in [0.4, 0.5) is 0 Å². The number of carbonyl (C=O) groups is 3. The molecule has 3 unspecified atom stereocenters. The van der Waals surface area contributed by atoms with Crippen LogP contribution in [0.5, 0.6) is 0 Å². The van der Waals surface area contributed by atoms with Crippen molar-refractivity contribution in [1.29, 1.82) is 0 Å². The quantitative estimate of drug-likeness (QED) is 0.269. The van der Waals surface area contributed by atoms with Crippen molar-refractivity contribution >= 4 is 27.7 Å². The largest absolute Gasteiger partial charge is 0.342 e. The molecule has 3 N–H and O–H groups in total. The minimum absolute atomic E-state index is 0.0979. The van der Waals surface area contributed by atoms with Gasteiger partial charge in [0.2, 0.25) is 21.8 Å². The Labute approximate surface area is 266 Å². The summed E-state index contributed by atoms with van der Waals surface area (Å²) in [6.07, 6.45) is 7.37. The van der Waals surface area contributed by atoms with Gasteiger partial charge in [-0.1, -0.05) is 104 Å². The zero-order chi connectivity index (χ0) is 33.5. The van der Waals surface area contributed by atoms with Crippen LogP contribution in [-0.2, 0) is 30.2 Å². The van der Waals surface area contributed by atoms with Crippen LogP contribution in [0.3, 0.4) is 0 Å². The van der Waals surface area contributed by atoms with E-state index in [-0.39, 0.29) is 34.5 Å². The number of carbonyl (C=O) groups excluding carboxylic acids is 3. The van der Waals surface area contributed by atoms with Crippen LogP contribution in [0.2, 0.25) is 0 Å². The molecule has 1 saturated carbocycles. The summed E-state index contributed by atoms with van der Waals surface area (Å²) in [6, 6.07) is 6.81. The molecule has 1 aromatic rings. The number of amides is 3. The van der Waals surface area contributed by atoms with Crippen LogP contribution in [0.25, 0.3) is 0 Å². The standard InChI is InChI=1S/C34H56N4O5S/c1-23(2)27(21-24(3)30(39)37-44(42,43)22-25-17-13-11-14-18-25)38(10)32(41)29(33(4,5)6)36-31(40)28(35-9)34(7,8)26-19-15-12-16-20-26/h11,13-14,17-18,21,23,26-29,35H,12,15-16,19-20,22H2,1-10H3,(H,36,40)(H,37,39). The van der Waals surface area contributed by atoms with Gasteiger partial charge in [-0.2, -0.15) is 0 Å². The van der Waals surface area contributed by atoms with E-state index < -0.39 is 39.5 Å². The molecular formula is C34H56N4O5S. The predicted octanol–water partition coefficient (Wildman–Crippen LogP) is 4.79. The Kier molecular flexibility index (Phi) is 13.2. The summed E-state index contributed by atoms with van der Waals surface area (Å²) in [6.45, 7) is 15.4. The molecule has 0 bridgehead atoms. The Morgan fingerprint density at radius 2 is 1.55 bits per heavy atom. The lowest BCUT2D eigenvalue weighted by molar-refractivity contribution is -0.141. The third-order valence-corrected chi connectivity index (χ3v) is 10.3. The molecule has 1 aromatic carbocycles. The molecule has 0 aliphatic heterocycles. The van der Waals surface area contributed by atoms with E-state index in [4.69, 9.17) is 0 Å². The summed E-state index contributed by atoms with van der Waals surface area (Å²) in [7, 11) is -0.469. The number of benzene rings is 1. The van der Waals surface area contributed by atoms with Gasteiger partial charge in [-0.05, 0) is 55.0 Å². The fraction of sp³-hybridized carbons (Fsp3) is 0.676. The van der Waals surface area contributed by atoms with Gasteiger partial charge < -0.3 is 15.5 Å². The summed E-state index contributed by atoms with van der Waals surface area (Å²) < 4.78 is 27.5. The summed E-state index contributed by atoms with van der Waals surface area (Å²) in [5, 5.41) is 6.32. The number of nitrogens with zero attached hydrogens (tertiary/aromatic N) is 1. The highest BCUT2D eigenvalue weighted by molar-refractivity contribution is 7.89. The normalized spacial score (nSPS) is 17.5. The Hall–Kier alpha value is -2.72. The Morgan fingerprint density at radius 1 is 0.977 bits per heavy atom. The van der Waals surface area contributed by atoms with E-state index >= 15 is 0 Å². The molecule has 1 fully saturated rings. The lowest BCUT2D eigenvalue weighted by Crippen LogP contribution is -2.61. The first-order valence-electron chi connectivity index (χ1n) is 15.8. The summed E-state index contributed by atoms with van der Waals surface area (Å²) >= 11 is 0. The van der Waals surface area contributed by atoms with Gasteiger partial charge in [0.15, 0.2) is 0 Å². The van der Waals surface area contributed by atoms with Crippen LogP contribution in [-0.4, -0.2) is 63.3 Å². The zero-order valence-electron chi connectivity index (χ0n) is 28.5. The van der Waals surface area contributed by atoms with Gasteiger partial charge in [-0.25, -0.2) is 13.1 Å². The third-order valence-electron chi connectivity index (χ3n) is 9.06. The molecule has 9 nitrogen and oxygen atoms in total. The molecule has 248 valence electrons. The van der Waals surface area contributed by atoms with Crippen molar-refractivity contribution in [3.63, 3.8) is 0 Å². The maximum atomic E-state index is 14.1. The molecule has 44 heavy (non-hydrogen) atoms. The first-order chi connectivity index (χ1) is 20.3. The second kappa shape index (κ2) is 15.5. The second-order valence-corrected chi connectivity index (χ2v) is 16.1. The smallest absolute Gasteiger partial charge is 0.260 e. The summed E-state index contributed by atoms with van der Waals surface area (Å²) in [4.78, 5) is 42.4. The molecule has 0 spiro atoms. The van der Waals surface area contributed by atoms with Gasteiger partial charge >= 0.3 is 0 Å². The Morgan fingerprint density at radius 3 is 2.05 bits per heavy atom. The molecule has 10 heteroatoms. The maximum Gasteiger partial charge on any atom is 0.260 e. The zero-order valence-corrected chi connectivity index (χ0v) is 29.3. The van der Waals surface area contributed by atoms with Crippen molar-refractivity contribution in [3.05, 3.63) is 47.5 Å². The number of likely N-dealkylation sites (N-methyl/N-ethyl adjacent to an activating group) is 2. The number of nitrogens with one attached hydrogen (secondary N) is 3. The molecule has 0 aromatic heterocycles. The molecule has 3 amide bonds. The highest BCUT2D eigenvalue weighted by Gasteiger charge is 2.44. The van der Waals surface area contributed by atoms with Gasteiger partial charge in [-0.15, -0.1) is 0 Å². The number of hydrogen-bond acceptors (Lipinski definition) is 6. The van der Waals surface area contributed by atoms with Crippen LogP contribution in [0.1, 0.15) is 93.1 Å². The topological polar surface area (TPSA) is 125 Å². The molecule has 0 saturated heterocycles. The highest BCUT2D eigenvalue weighted by Crippen LogP contribution is 2.41. The predicted molar refractivity (Wildman–Crippen MR) is 177 cm³/mol. The molecule has 3 atom stereocenters. The monoisotopic (exact) mass is 632 g/mol. The average molecular weight is 633 g/mol. The highest BCUT2D eigenvalue weighted by atomic mass is 32.2. The van der Waals surface area contributed by atoms with E-state index in [2.05, 4.69) is 29.2 Å². The van der Waals surface area contributed by atoms with E-state index in [1.54, 1.807) is 55.4 Å². The molecular weight excluding hydrogens is 576 g/mol. The lowest BCUT2D eigenvalue weighted by Gasteiger charge is -2.43. The molecule has 1 aliphatic rings. The van der Waals surface area contributed by atoms with Gasteiger partial charge in [0.1, 0.15) is 6.04 Å². The number of hydrogen-bond donors (Lipinski definition) is 3. The molecule has 2 rings (SSSR count). The van der Waals surface area contributed by atoms with Crippen LogP contribution in [0.15, 0.2) is 42.0 Å². The van der Waals surface area contributed by atoms with E-state index in [0.717, 1.165) is 12.8 Å². The van der Waals surface area contributed by atoms with E-state index in [0.29, 0.717) is 11.5 Å². The number of rotatable bonds is 13. The van der Waals surface area contributed by atoms with Crippen molar-refractivity contribution in [2.75, 3.05) is 14.1 Å². The first kappa shape index (κ1) is 37.5. The Balaban J connectivity index is 2.26. The van der Waals surface area contributed by atoms with Gasteiger partial charge in [0.05, 0.1) is 17.8 Å². The van der Waals surface area contributed by atoms with Crippen molar-refractivity contribution in [1.82, 2.24) is 20.3 Å².